The third-order valence-corrected chi connectivity index (χ3v) is 6.02. The summed E-state index contributed by atoms with van der Waals surface area (Å²) >= 11 is 0. The quantitative estimate of drug-likeness (QED) is 0.701. The summed E-state index contributed by atoms with van der Waals surface area (Å²) in [4.78, 5) is 14.9. The van der Waals surface area contributed by atoms with Crippen molar-refractivity contribution in [2.75, 3.05) is 31.3 Å². The highest BCUT2D eigenvalue weighted by Gasteiger charge is 2.51. The van der Waals surface area contributed by atoms with Crippen molar-refractivity contribution in [1.29, 1.82) is 0 Å². The summed E-state index contributed by atoms with van der Waals surface area (Å²) < 4.78 is 47.2. The van der Waals surface area contributed by atoms with Gasteiger partial charge in [0.25, 0.3) is 0 Å². The van der Waals surface area contributed by atoms with Crippen molar-refractivity contribution in [3.8, 4) is 5.75 Å². The van der Waals surface area contributed by atoms with Crippen LogP contribution in [-0.2, 0) is 9.53 Å². The van der Waals surface area contributed by atoms with Gasteiger partial charge in [-0.15, -0.1) is 0 Å². The normalized spacial score (nSPS) is 27.3. The Morgan fingerprint density at radius 1 is 1.10 bits per heavy atom. The van der Waals surface area contributed by atoms with Gasteiger partial charge in [-0.05, 0) is 62.3 Å². The van der Waals surface area contributed by atoms with Crippen LogP contribution in [0.4, 0.5) is 18.9 Å². The highest BCUT2D eigenvalue weighted by atomic mass is 19.4. The van der Waals surface area contributed by atoms with Gasteiger partial charge in [0.2, 0.25) is 5.91 Å². The summed E-state index contributed by atoms with van der Waals surface area (Å²) in [5.74, 6) is 0.539. The van der Waals surface area contributed by atoms with Gasteiger partial charge in [-0.2, -0.15) is 13.2 Å². The van der Waals surface area contributed by atoms with E-state index < -0.39 is 23.8 Å². The second-order valence-electron chi connectivity index (χ2n) is 9.02. The van der Waals surface area contributed by atoms with Crippen LogP contribution in [0, 0.1) is 11.3 Å². The highest BCUT2D eigenvalue weighted by Crippen LogP contribution is 2.48. The summed E-state index contributed by atoms with van der Waals surface area (Å²) in [5.41, 5.74) is -0.710. The van der Waals surface area contributed by atoms with Gasteiger partial charge in [0, 0.05) is 18.8 Å². The molecule has 1 N–H and O–H groups in total. The molecule has 1 heterocycles. The second kappa shape index (κ2) is 8.75. The van der Waals surface area contributed by atoms with Crippen LogP contribution >= 0.6 is 0 Å². The van der Waals surface area contributed by atoms with Crippen LogP contribution in [0.2, 0.25) is 0 Å². The SMILES string of the molecule is CC(C)COCC1(O)CCC2(CCN(c3ccc(OCC(F)(F)F)cc3)C2=O)CC1. The average molecular weight is 429 g/mol. The van der Waals surface area contributed by atoms with Gasteiger partial charge in [-0.25, -0.2) is 0 Å². The predicted octanol–water partition coefficient (Wildman–Crippen LogP) is 4.33. The molecule has 0 atom stereocenters. The number of amides is 1. The second-order valence-corrected chi connectivity index (χ2v) is 9.02. The van der Waals surface area contributed by atoms with E-state index >= 15 is 0 Å². The number of ether oxygens (including phenoxy) is 2. The Hall–Kier alpha value is -1.80. The van der Waals surface area contributed by atoms with Gasteiger partial charge in [0.05, 0.1) is 17.6 Å². The Balaban J connectivity index is 1.57. The number of aliphatic hydroxyl groups is 1. The minimum absolute atomic E-state index is 0.0246. The Bertz CT molecular complexity index is 725. The number of carbonyl (C=O) groups is 1. The van der Waals surface area contributed by atoms with E-state index in [1.54, 1.807) is 17.0 Å². The lowest BCUT2D eigenvalue weighted by Crippen LogP contribution is -2.45. The van der Waals surface area contributed by atoms with Gasteiger partial charge in [-0.3, -0.25) is 4.79 Å². The summed E-state index contributed by atoms with van der Waals surface area (Å²) in [6.07, 6.45) is -1.42. The van der Waals surface area contributed by atoms with E-state index in [-0.39, 0.29) is 11.7 Å². The zero-order chi connectivity index (χ0) is 22.0. The molecular weight excluding hydrogens is 399 g/mol. The lowest BCUT2D eigenvalue weighted by atomic mass is 9.68. The van der Waals surface area contributed by atoms with E-state index in [0.29, 0.717) is 63.5 Å². The topological polar surface area (TPSA) is 59.0 Å². The zero-order valence-electron chi connectivity index (χ0n) is 17.5. The fourth-order valence-electron chi connectivity index (χ4n) is 4.24. The molecule has 1 saturated carbocycles. The number of nitrogens with zero attached hydrogens (tertiary/aromatic N) is 1. The third-order valence-electron chi connectivity index (χ3n) is 6.02. The molecule has 0 bridgehead atoms. The zero-order valence-corrected chi connectivity index (χ0v) is 17.5. The molecule has 30 heavy (non-hydrogen) atoms. The predicted molar refractivity (Wildman–Crippen MR) is 106 cm³/mol. The molecule has 0 unspecified atom stereocenters. The fourth-order valence-corrected chi connectivity index (χ4v) is 4.24. The summed E-state index contributed by atoms with van der Waals surface area (Å²) in [6.45, 7) is 4.22. The Morgan fingerprint density at radius 2 is 1.73 bits per heavy atom. The van der Waals surface area contributed by atoms with Crippen molar-refractivity contribution in [1.82, 2.24) is 0 Å². The summed E-state index contributed by atoms with van der Waals surface area (Å²) in [7, 11) is 0. The number of carbonyl (C=O) groups excluding carboxylic acids is 1. The first-order valence-electron chi connectivity index (χ1n) is 10.4. The fraction of sp³-hybridized carbons (Fsp3) is 0.682. The molecular formula is C22H30F3NO4. The van der Waals surface area contributed by atoms with Crippen LogP contribution in [0.3, 0.4) is 0 Å². The monoisotopic (exact) mass is 429 g/mol. The van der Waals surface area contributed by atoms with Crippen molar-refractivity contribution in [2.24, 2.45) is 11.3 Å². The molecule has 1 aliphatic carbocycles. The Morgan fingerprint density at radius 3 is 2.30 bits per heavy atom. The van der Waals surface area contributed by atoms with E-state index in [4.69, 9.17) is 9.47 Å². The van der Waals surface area contributed by atoms with E-state index in [0.717, 1.165) is 0 Å². The molecule has 0 radical (unpaired) electrons. The van der Waals surface area contributed by atoms with Crippen molar-refractivity contribution >= 4 is 11.6 Å². The van der Waals surface area contributed by atoms with Crippen molar-refractivity contribution < 1.29 is 32.5 Å². The maximum atomic E-state index is 13.2. The molecule has 8 heteroatoms. The molecule has 1 aromatic rings. The highest BCUT2D eigenvalue weighted by molar-refractivity contribution is 6.00. The van der Waals surface area contributed by atoms with Crippen LogP contribution in [0.1, 0.15) is 46.0 Å². The van der Waals surface area contributed by atoms with Crippen molar-refractivity contribution in [3.63, 3.8) is 0 Å². The Labute approximate surface area is 175 Å². The number of hydrogen-bond acceptors (Lipinski definition) is 4. The van der Waals surface area contributed by atoms with Crippen molar-refractivity contribution in [3.05, 3.63) is 24.3 Å². The molecule has 1 saturated heterocycles. The van der Waals surface area contributed by atoms with E-state index in [1.807, 2.05) is 0 Å². The largest absolute Gasteiger partial charge is 0.484 e. The molecule has 2 aliphatic rings. The minimum atomic E-state index is -4.39. The van der Waals surface area contributed by atoms with Crippen LogP contribution in [0.25, 0.3) is 0 Å². The van der Waals surface area contributed by atoms with Gasteiger partial charge in [0.1, 0.15) is 5.75 Å². The number of halogens is 3. The molecule has 5 nitrogen and oxygen atoms in total. The standard InChI is InChI=1S/C22H30F3NO4/c1-16(2)13-29-14-21(28)9-7-20(8-10-21)11-12-26(19(20)27)17-3-5-18(6-4-17)30-15-22(23,24)25/h3-6,16,28H,7-15H2,1-2H3. The number of anilines is 1. The van der Waals surface area contributed by atoms with E-state index in [9.17, 15) is 23.1 Å². The van der Waals surface area contributed by atoms with Gasteiger partial charge >= 0.3 is 6.18 Å². The first-order chi connectivity index (χ1) is 14.0. The third kappa shape index (κ3) is 5.46. The lowest BCUT2D eigenvalue weighted by molar-refractivity contribution is -0.153. The first-order valence-corrected chi connectivity index (χ1v) is 10.4. The molecule has 1 aliphatic heterocycles. The number of hydrogen-bond donors (Lipinski definition) is 1. The lowest BCUT2D eigenvalue weighted by Gasteiger charge is -2.40. The van der Waals surface area contributed by atoms with Gasteiger partial charge < -0.3 is 19.5 Å². The molecule has 1 aromatic carbocycles. The van der Waals surface area contributed by atoms with Gasteiger partial charge in [-0.1, -0.05) is 13.8 Å². The number of benzene rings is 1. The minimum Gasteiger partial charge on any atom is -0.484 e. The number of rotatable bonds is 7. The first kappa shape index (κ1) is 22.9. The van der Waals surface area contributed by atoms with Crippen LogP contribution < -0.4 is 9.64 Å². The molecule has 1 amide bonds. The molecule has 168 valence electrons. The molecule has 3 rings (SSSR count). The van der Waals surface area contributed by atoms with Crippen LogP contribution in [-0.4, -0.2) is 49.2 Å². The molecule has 1 spiro atoms. The average Bonchev–Trinajstić information content (AvgIpc) is 2.99. The Kier molecular flexibility index (Phi) is 6.67. The maximum absolute atomic E-state index is 13.2. The van der Waals surface area contributed by atoms with E-state index in [1.165, 1.54) is 12.1 Å². The summed E-state index contributed by atoms with van der Waals surface area (Å²) in [6, 6.07) is 6.12. The summed E-state index contributed by atoms with van der Waals surface area (Å²) in [5, 5.41) is 10.8. The van der Waals surface area contributed by atoms with Crippen molar-refractivity contribution in [2.45, 2.75) is 57.7 Å². The molecule has 0 aromatic heterocycles. The molecule has 2 fully saturated rings. The van der Waals surface area contributed by atoms with Crippen LogP contribution in [0.15, 0.2) is 24.3 Å². The number of alkyl halides is 3. The smallest absolute Gasteiger partial charge is 0.422 e. The van der Waals surface area contributed by atoms with E-state index in [2.05, 4.69) is 13.8 Å². The van der Waals surface area contributed by atoms with Crippen LogP contribution in [0.5, 0.6) is 5.75 Å². The maximum Gasteiger partial charge on any atom is 0.422 e. The van der Waals surface area contributed by atoms with Gasteiger partial charge in [0.15, 0.2) is 6.61 Å².